The summed E-state index contributed by atoms with van der Waals surface area (Å²) in [5, 5.41) is 4.64. The molecule has 1 fully saturated rings. The minimum Gasteiger partial charge on any atom is -0.316 e. The Hall–Kier alpha value is 0.440. The van der Waals surface area contributed by atoms with E-state index < -0.39 is 0 Å². The van der Waals surface area contributed by atoms with Crippen LogP contribution in [0.25, 0.3) is 0 Å². The molecule has 0 aromatic heterocycles. The van der Waals surface area contributed by atoms with Crippen LogP contribution in [0.2, 0.25) is 0 Å². The zero-order valence-electron chi connectivity index (χ0n) is 8.20. The molecule has 1 N–H and O–H groups in total. The average molecular weight is 234 g/mol. The van der Waals surface area contributed by atoms with Crippen molar-refractivity contribution in [2.75, 3.05) is 18.4 Å². The Kier molecular flexibility index (Phi) is 4.04. The predicted molar refractivity (Wildman–Crippen MR) is 57.8 cm³/mol. The van der Waals surface area contributed by atoms with Crippen LogP contribution in [0.4, 0.5) is 0 Å². The third kappa shape index (κ3) is 2.46. The Morgan fingerprint density at radius 2 is 2.33 bits per heavy atom. The molecule has 0 aromatic rings. The number of rotatable bonds is 3. The van der Waals surface area contributed by atoms with Gasteiger partial charge in [-0.1, -0.05) is 29.8 Å². The summed E-state index contributed by atoms with van der Waals surface area (Å²) in [6.07, 6.45) is 4.05. The molecule has 2 heteroatoms. The first kappa shape index (κ1) is 10.5. The maximum Gasteiger partial charge on any atom is 0.00340 e. The summed E-state index contributed by atoms with van der Waals surface area (Å²) < 4.78 is 0. The van der Waals surface area contributed by atoms with Gasteiger partial charge in [-0.15, -0.1) is 0 Å². The lowest BCUT2D eigenvalue weighted by Gasteiger charge is -2.39. The van der Waals surface area contributed by atoms with Gasteiger partial charge >= 0.3 is 0 Å². The molecule has 0 aliphatic carbocycles. The van der Waals surface area contributed by atoms with Crippen molar-refractivity contribution in [1.82, 2.24) is 5.32 Å². The maximum atomic E-state index is 3.52. The van der Waals surface area contributed by atoms with Crippen LogP contribution in [-0.2, 0) is 0 Å². The Morgan fingerprint density at radius 3 is 2.83 bits per heavy atom. The van der Waals surface area contributed by atoms with E-state index in [0.717, 1.165) is 11.2 Å². The Morgan fingerprint density at radius 1 is 1.58 bits per heavy atom. The molecule has 1 nitrogen and oxygen atoms in total. The van der Waals surface area contributed by atoms with E-state index in [9.17, 15) is 0 Å². The topological polar surface area (TPSA) is 12.0 Å². The lowest BCUT2D eigenvalue weighted by atomic mass is 9.72. The molecule has 1 saturated heterocycles. The number of hydrogen-bond donors (Lipinski definition) is 1. The molecule has 12 heavy (non-hydrogen) atoms. The van der Waals surface area contributed by atoms with Crippen molar-refractivity contribution in [2.45, 2.75) is 33.1 Å². The molecule has 0 saturated carbocycles. The Balaban J connectivity index is 2.44. The summed E-state index contributed by atoms with van der Waals surface area (Å²) in [5.41, 5.74) is 0.548. The van der Waals surface area contributed by atoms with E-state index in [1.54, 1.807) is 0 Å². The van der Waals surface area contributed by atoms with Gasteiger partial charge in [-0.05, 0) is 37.1 Å². The van der Waals surface area contributed by atoms with Gasteiger partial charge in [0.2, 0.25) is 0 Å². The minimum atomic E-state index is 0.548. The smallest absolute Gasteiger partial charge is 0.00340 e. The normalized spacial score (nSPS) is 33.2. The highest BCUT2D eigenvalue weighted by Crippen LogP contribution is 2.35. The van der Waals surface area contributed by atoms with Crippen LogP contribution in [0.3, 0.4) is 0 Å². The summed E-state index contributed by atoms with van der Waals surface area (Å²) in [7, 11) is 0. The minimum absolute atomic E-state index is 0.548. The van der Waals surface area contributed by atoms with Gasteiger partial charge < -0.3 is 5.32 Å². The van der Waals surface area contributed by atoms with Crippen molar-refractivity contribution in [3.05, 3.63) is 0 Å². The van der Waals surface area contributed by atoms with Crippen LogP contribution in [-0.4, -0.2) is 18.4 Å². The fourth-order valence-corrected chi connectivity index (χ4v) is 2.70. The van der Waals surface area contributed by atoms with E-state index in [2.05, 4.69) is 35.1 Å². The van der Waals surface area contributed by atoms with E-state index in [-0.39, 0.29) is 0 Å². The van der Waals surface area contributed by atoms with Crippen molar-refractivity contribution >= 4 is 15.9 Å². The molecule has 1 aliphatic rings. The molecule has 72 valence electrons. The van der Waals surface area contributed by atoms with Crippen LogP contribution < -0.4 is 5.32 Å². The molecule has 2 atom stereocenters. The maximum absolute atomic E-state index is 3.52. The van der Waals surface area contributed by atoms with Gasteiger partial charge in [0.1, 0.15) is 0 Å². The molecule has 0 aromatic carbocycles. The fourth-order valence-electron chi connectivity index (χ4n) is 2.01. The van der Waals surface area contributed by atoms with E-state index in [0.29, 0.717) is 5.41 Å². The average Bonchev–Trinajstić information content (AvgIpc) is 2.06. The molecular formula is C10H20BrN. The van der Waals surface area contributed by atoms with Gasteiger partial charge in [-0.25, -0.2) is 0 Å². The Bertz CT molecular complexity index is 130. The summed E-state index contributed by atoms with van der Waals surface area (Å²) in [5.74, 6) is 0.838. The van der Waals surface area contributed by atoms with Crippen LogP contribution >= 0.6 is 15.9 Å². The van der Waals surface area contributed by atoms with Crippen molar-refractivity contribution in [3.8, 4) is 0 Å². The molecule has 1 heterocycles. The molecular weight excluding hydrogens is 214 g/mol. The number of alkyl halides is 1. The first-order chi connectivity index (χ1) is 5.69. The third-order valence-corrected chi connectivity index (χ3v) is 3.82. The zero-order chi connectivity index (χ0) is 9.03. The van der Waals surface area contributed by atoms with Crippen molar-refractivity contribution in [1.29, 1.82) is 0 Å². The predicted octanol–water partition coefficient (Wildman–Crippen LogP) is 2.80. The second-order valence-electron chi connectivity index (χ2n) is 4.31. The fraction of sp³-hybridized carbons (Fsp3) is 1.00. The zero-order valence-corrected chi connectivity index (χ0v) is 9.78. The number of nitrogens with one attached hydrogen (secondary N) is 1. The van der Waals surface area contributed by atoms with Gasteiger partial charge in [0.15, 0.2) is 0 Å². The van der Waals surface area contributed by atoms with E-state index >= 15 is 0 Å². The molecule has 0 spiro atoms. The largest absolute Gasteiger partial charge is 0.316 e. The first-order valence-corrected chi connectivity index (χ1v) is 6.08. The summed E-state index contributed by atoms with van der Waals surface area (Å²) in [4.78, 5) is 0. The van der Waals surface area contributed by atoms with Crippen LogP contribution in [0.5, 0.6) is 0 Å². The van der Waals surface area contributed by atoms with E-state index in [4.69, 9.17) is 0 Å². The summed E-state index contributed by atoms with van der Waals surface area (Å²) >= 11 is 3.52. The highest BCUT2D eigenvalue weighted by molar-refractivity contribution is 9.09. The van der Waals surface area contributed by atoms with Crippen molar-refractivity contribution in [2.24, 2.45) is 11.3 Å². The number of halogens is 1. The number of hydrogen-bond acceptors (Lipinski definition) is 1. The SMILES string of the molecule is CC(CCBr)C1(C)CCCNC1. The molecule has 2 unspecified atom stereocenters. The molecule has 0 bridgehead atoms. The molecule has 1 aliphatic heterocycles. The Labute approximate surface area is 84.4 Å². The molecule has 1 rings (SSSR count). The quantitative estimate of drug-likeness (QED) is 0.740. The van der Waals surface area contributed by atoms with Crippen LogP contribution in [0, 0.1) is 11.3 Å². The lowest BCUT2D eigenvalue weighted by Crippen LogP contribution is -2.42. The summed E-state index contributed by atoms with van der Waals surface area (Å²) in [6, 6.07) is 0. The standard InChI is InChI=1S/C10H20BrN/c1-9(4-6-11)10(2)5-3-7-12-8-10/h9,12H,3-8H2,1-2H3. The van der Waals surface area contributed by atoms with Gasteiger partial charge in [0.25, 0.3) is 0 Å². The van der Waals surface area contributed by atoms with Gasteiger partial charge in [0.05, 0.1) is 0 Å². The summed E-state index contributed by atoms with van der Waals surface area (Å²) in [6.45, 7) is 7.23. The van der Waals surface area contributed by atoms with Gasteiger partial charge in [-0.3, -0.25) is 0 Å². The highest BCUT2D eigenvalue weighted by atomic mass is 79.9. The van der Waals surface area contributed by atoms with Crippen LogP contribution in [0.15, 0.2) is 0 Å². The van der Waals surface area contributed by atoms with Crippen molar-refractivity contribution in [3.63, 3.8) is 0 Å². The van der Waals surface area contributed by atoms with Crippen LogP contribution in [0.1, 0.15) is 33.1 Å². The number of piperidine rings is 1. The van der Waals surface area contributed by atoms with Crippen molar-refractivity contribution < 1.29 is 0 Å². The lowest BCUT2D eigenvalue weighted by molar-refractivity contribution is 0.145. The molecule has 0 amide bonds. The monoisotopic (exact) mass is 233 g/mol. The molecule has 0 radical (unpaired) electrons. The first-order valence-electron chi connectivity index (χ1n) is 4.96. The third-order valence-electron chi connectivity index (χ3n) is 3.36. The second-order valence-corrected chi connectivity index (χ2v) is 5.11. The highest BCUT2D eigenvalue weighted by Gasteiger charge is 2.31. The van der Waals surface area contributed by atoms with Gasteiger partial charge in [-0.2, -0.15) is 0 Å². The second kappa shape index (κ2) is 4.61. The van der Waals surface area contributed by atoms with E-state index in [1.165, 1.54) is 32.4 Å². The van der Waals surface area contributed by atoms with E-state index in [1.807, 2.05) is 0 Å². The van der Waals surface area contributed by atoms with Gasteiger partial charge in [0, 0.05) is 11.9 Å².